The Kier molecular flexibility index (Phi) is 4.92. The second-order valence-corrected chi connectivity index (χ2v) is 4.73. The van der Waals surface area contributed by atoms with Crippen molar-refractivity contribution in [3.63, 3.8) is 0 Å². The lowest BCUT2D eigenvalue weighted by atomic mass is 9.87. The van der Waals surface area contributed by atoms with Crippen molar-refractivity contribution in [2.45, 2.75) is 52.4 Å². The van der Waals surface area contributed by atoms with Crippen molar-refractivity contribution in [2.75, 3.05) is 0 Å². The fourth-order valence-corrected chi connectivity index (χ4v) is 2.33. The fourth-order valence-electron chi connectivity index (χ4n) is 2.33. The summed E-state index contributed by atoms with van der Waals surface area (Å²) in [6, 6.07) is 0. The highest BCUT2D eigenvalue weighted by molar-refractivity contribution is 5.53. The molecule has 0 spiro atoms. The molecule has 1 fully saturated rings. The van der Waals surface area contributed by atoms with Crippen molar-refractivity contribution in [2.24, 2.45) is 11.8 Å². The van der Waals surface area contributed by atoms with Gasteiger partial charge in [0.1, 0.15) is 6.29 Å². The summed E-state index contributed by atoms with van der Waals surface area (Å²) in [5.74, 6) is 0.984. The van der Waals surface area contributed by atoms with E-state index in [1.807, 2.05) is 6.92 Å². The third kappa shape index (κ3) is 4.08. The quantitative estimate of drug-likeness (QED) is 0.492. The first-order valence-corrected chi connectivity index (χ1v) is 5.85. The molecule has 0 aliphatic heterocycles. The number of rotatable bonds is 4. The van der Waals surface area contributed by atoms with E-state index in [1.165, 1.54) is 37.7 Å². The van der Waals surface area contributed by atoms with E-state index >= 15 is 0 Å². The average molecular weight is 194 g/mol. The lowest BCUT2D eigenvalue weighted by Gasteiger charge is -2.19. The van der Waals surface area contributed by atoms with E-state index in [9.17, 15) is 4.79 Å². The first kappa shape index (κ1) is 11.5. The van der Waals surface area contributed by atoms with Gasteiger partial charge in [-0.15, -0.1) is 0 Å². The monoisotopic (exact) mass is 194 g/mol. The maximum atomic E-state index is 10.5. The van der Waals surface area contributed by atoms with Crippen LogP contribution < -0.4 is 0 Å². The second-order valence-electron chi connectivity index (χ2n) is 4.73. The molecule has 1 aliphatic carbocycles. The van der Waals surface area contributed by atoms with Gasteiger partial charge in [-0.2, -0.15) is 0 Å². The van der Waals surface area contributed by atoms with Gasteiger partial charge in [-0.25, -0.2) is 0 Å². The Morgan fingerprint density at radius 3 is 2.57 bits per heavy atom. The van der Waals surface area contributed by atoms with Gasteiger partial charge >= 0.3 is 0 Å². The largest absolute Gasteiger partial charge is 0.303 e. The topological polar surface area (TPSA) is 17.1 Å². The molecule has 1 atom stereocenters. The molecule has 1 saturated carbocycles. The summed E-state index contributed by atoms with van der Waals surface area (Å²) in [4.78, 5) is 10.5. The van der Waals surface area contributed by atoms with Crippen molar-refractivity contribution >= 4 is 6.29 Å². The molecule has 1 aliphatic rings. The Labute approximate surface area is 87.6 Å². The van der Waals surface area contributed by atoms with Gasteiger partial charge in [0.2, 0.25) is 0 Å². The van der Waals surface area contributed by atoms with Gasteiger partial charge in [0.25, 0.3) is 0 Å². The number of carbonyl (C=O) groups is 1. The second kappa shape index (κ2) is 6.00. The molecule has 0 bridgehead atoms. The van der Waals surface area contributed by atoms with Crippen LogP contribution >= 0.6 is 0 Å². The molecule has 0 heterocycles. The zero-order chi connectivity index (χ0) is 10.4. The van der Waals surface area contributed by atoms with Crippen LogP contribution in [0.5, 0.6) is 0 Å². The molecule has 0 saturated heterocycles. The molecule has 1 heteroatoms. The highest BCUT2D eigenvalue weighted by atomic mass is 16.1. The molecule has 0 N–H and O–H groups in total. The minimum absolute atomic E-state index is 0.190. The predicted molar refractivity (Wildman–Crippen MR) is 60.2 cm³/mol. The van der Waals surface area contributed by atoms with E-state index in [0.29, 0.717) is 0 Å². The summed E-state index contributed by atoms with van der Waals surface area (Å²) in [5, 5.41) is 0. The zero-order valence-electron chi connectivity index (χ0n) is 9.46. The van der Waals surface area contributed by atoms with Gasteiger partial charge < -0.3 is 4.79 Å². The minimum atomic E-state index is 0.190. The lowest BCUT2D eigenvalue weighted by Crippen LogP contribution is -2.04. The van der Waals surface area contributed by atoms with Crippen LogP contribution in [0.4, 0.5) is 0 Å². The summed E-state index contributed by atoms with van der Waals surface area (Å²) in [5.41, 5.74) is 1.40. The Morgan fingerprint density at radius 2 is 2.00 bits per heavy atom. The number of hydrogen-bond donors (Lipinski definition) is 0. The average Bonchev–Trinajstić information content (AvgIpc) is 2.19. The molecule has 1 nitrogen and oxygen atoms in total. The molecule has 0 aromatic rings. The SMILES string of the molecule is C/C(=C/C1CCCCC1)C[C@@H](C)C=O. The van der Waals surface area contributed by atoms with Gasteiger partial charge in [0.15, 0.2) is 0 Å². The van der Waals surface area contributed by atoms with E-state index in [1.54, 1.807) is 0 Å². The zero-order valence-corrected chi connectivity index (χ0v) is 9.46. The van der Waals surface area contributed by atoms with E-state index < -0.39 is 0 Å². The van der Waals surface area contributed by atoms with Crippen LogP contribution in [0, 0.1) is 11.8 Å². The van der Waals surface area contributed by atoms with Gasteiger partial charge in [-0.05, 0) is 32.1 Å². The van der Waals surface area contributed by atoms with Crippen molar-refractivity contribution in [1.29, 1.82) is 0 Å². The molecular weight excluding hydrogens is 172 g/mol. The van der Waals surface area contributed by atoms with E-state index in [4.69, 9.17) is 0 Å². The summed E-state index contributed by atoms with van der Waals surface area (Å²) in [6.45, 7) is 4.15. The number of carbonyl (C=O) groups excluding carboxylic acids is 1. The van der Waals surface area contributed by atoms with Crippen LogP contribution in [0.25, 0.3) is 0 Å². The van der Waals surface area contributed by atoms with Crippen molar-refractivity contribution in [3.05, 3.63) is 11.6 Å². The molecule has 0 radical (unpaired) electrons. The number of allylic oxidation sites excluding steroid dienone is 2. The summed E-state index contributed by atoms with van der Waals surface area (Å²) < 4.78 is 0. The minimum Gasteiger partial charge on any atom is -0.303 e. The van der Waals surface area contributed by atoms with Crippen LogP contribution in [0.3, 0.4) is 0 Å². The molecule has 80 valence electrons. The Balaban J connectivity index is 2.36. The van der Waals surface area contributed by atoms with Gasteiger partial charge in [0, 0.05) is 5.92 Å². The fraction of sp³-hybridized carbons (Fsp3) is 0.769. The Hall–Kier alpha value is -0.590. The Morgan fingerprint density at radius 1 is 1.36 bits per heavy atom. The molecule has 0 unspecified atom stereocenters. The first-order chi connectivity index (χ1) is 6.72. The molecule has 14 heavy (non-hydrogen) atoms. The summed E-state index contributed by atoms with van der Waals surface area (Å²) in [6.07, 6.45) is 11.3. The maximum Gasteiger partial charge on any atom is 0.123 e. The standard InChI is InChI=1S/C13H22O/c1-11(8-12(2)10-14)9-13-6-4-3-5-7-13/h9-10,12-13H,3-8H2,1-2H3/b11-9-/t12-/m1/s1. The van der Waals surface area contributed by atoms with Crippen LogP contribution in [-0.2, 0) is 4.79 Å². The first-order valence-electron chi connectivity index (χ1n) is 5.85. The summed E-state index contributed by atoms with van der Waals surface area (Å²) >= 11 is 0. The van der Waals surface area contributed by atoms with Gasteiger partial charge in [-0.3, -0.25) is 0 Å². The molecular formula is C13H22O. The lowest BCUT2D eigenvalue weighted by molar-refractivity contribution is -0.110. The normalized spacial score (nSPS) is 22.0. The van der Waals surface area contributed by atoms with Crippen molar-refractivity contribution < 1.29 is 4.79 Å². The highest BCUT2D eigenvalue weighted by Gasteiger charge is 2.11. The van der Waals surface area contributed by atoms with Crippen LogP contribution in [-0.4, -0.2) is 6.29 Å². The smallest absolute Gasteiger partial charge is 0.123 e. The number of aldehydes is 1. The third-order valence-corrected chi connectivity index (χ3v) is 3.05. The third-order valence-electron chi connectivity index (χ3n) is 3.05. The predicted octanol–water partition coefficient (Wildman–Crippen LogP) is 3.74. The van der Waals surface area contributed by atoms with Crippen molar-refractivity contribution in [3.8, 4) is 0 Å². The molecule has 0 amide bonds. The maximum absolute atomic E-state index is 10.5. The number of hydrogen-bond acceptors (Lipinski definition) is 1. The van der Waals surface area contributed by atoms with Gasteiger partial charge in [0.05, 0.1) is 0 Å². The highest BCUT2D eigenvalue weighted by Crippen LogP contribution is 2.26. The van der Waals surface area contributed by atoms with E-state index in [0.717, 1.165) is 18.6 Å². The van der Waals surface area contributed by atoms with Crippen molar-refractivity contribution in [1.82, 2.24) is 0 Å². The molecule has 0 aromatic carbocycles. The van der Waals surface area contributed by atoms with Gasteiger partial charge in [-0.1, -0.05) is 37.8 Å². The van der Waals surface area contributed by atoms with Crippen LogP contribution in [0.2, 0.25) is 0 Å². The van der Waals surface area contributed by atoms with E-state index in [2.05, 4.69) is 13.0 Å². The van der Waals surface area contributed by atoms with E-state index in [-0.39, 0.29) is 5.92 Å². The van der Waals surface area contributed by atoms with Crippen LogP contribution in [0.1, 0.15) is 52.4 Å². The molecule has 1 rings (SSSR count). The van der Waals surface area contributed by atoms with Crippen LogP contribution in [0.15, 0.2) is 11.6 Å². The molecule has 0 aromatic heterocycles. The Bertz CT molecular complexity index is 199. The summed E-state index contributed by atoms with van der Waals surface area (Å²) in [7, 11) is 0.